The molecular weight excluding hydrogens is 342 g/mol. The predicted molar refractivity (Wildman–Crippen MR) is 70.9 cm³/mol. The third kappa shape index (κ3) is 2.34. The lowest BCUT2D eigenvalue weighted by Crippen LogP contribution is -2.40. The number of carbonyl (C=O) groups is 1. The molecule has 1 fully saturated rings. The monoisotopic (exact) mass is 353 g/mol. The molecule has 1 aliphatic rings. The zero-order chi connectivity index (χ0) is 13.3. The minimum atomic E-state index is -3.63. The van der Waals surface area contributed by atoms with Crippen LogP contribution in [0.3, 0.4) is 0 Å². The van der Waals surface area contributed by atoms with Crippen LogP contribution in [0.25, 0.3) is 0 Å². The van der Waals surface area contributed by atoms with Crippen molar-refractivity contribution < 1.29 is 17.9 Å². The van der Waals surface area contributed by atoms with Crippen LogP contribution in [0.15, 0.2) is 20.1 Å². The number of halogens is 1. The van der Waals surface area contributed by atoms with E-state index in [0.717, 1.165) is 11.3 Å². The second-order valence-electron chi connectivity index (χ2n) is 3.85. The summed E-state index contributed by atoms with van der Waals surface area (Å²) < 4.78 is 31.5. The summed E-state index contributed by atoms with van der Waals surface area (Å²) >= 11 is 4.35. The van der Waals surface area contributed by atoms with Gasteiger partial charge in [-0.15, -0.1) is 11.3 Å². The lowest BCUT2D eigenvalue weighted by molar-refractivity contribution is -0.144. The van der Waals surface area contributed by atoms with Gasteiger partial charge in [-0.25, -0.2) is 8.42 Å². The molecule has 0 bridgehead atoms. The van der Waals surface area contributed by atoms with Crippen molar-refractivity contribution in [2.75, 3.05) is 13.7 Å². The van der Waals surface area contributed by atoms with Gasteiger partial charge in [0.1, 0.15) is 10.3 Å². The molecule has 0 amide bonds. The summed E-state index contributed by atoms with van der Waals surface area (Å²) in [7, 11) is -2.36. The molecule has 1 aliphatic heterocycles. The van der Waals surface area contributed by atoms with Crippen LogP contribution in [-0.4, -0.2) is 38.4 Å². The molecule has 0 N–H and O–H groups in total. The van der Waals surface area contributed by atoms with Crippen molar-refractivity contribution in [2.45, 2.75) is 23.1 Å². The molecule has 1 aromatic heterocycles. The summed E-state index contributed by atoms with van der Waals surface area (Å²) in [6.07, 6.45) is 1.18. The molecule has 0 radical (unpaired) electrons. The zero-order valence-electron chi connectivity index (χ0n) is 9.63. The van der Waals surface area contributed by atoms with Crippen molar-refractivity contribution in [3.05, 3.63) is 15.9 Å². The van der Waals surface area contributed by atoms with E-state index in [1.54, 1.807) is 11.4 Å². The van der Waals surface area contributed by atoms with Gasteiger partial charge in [-0.1, -0.05) is 0 Å². The number of esters is 1. The zero-order valence-corrected chi connectivity index (χ0v) is 12.8. The maximum Gasteiger partial charge on any atom is 0.324 e. The van der Waals surface area contributed by atoms with Crippen LogP contribution in [0.1, 0.15) is 12.8 Å². The molecule has 1 atom stereocenters. The molecule has 2 rings (SSSR count). The van der Waals surface area contributed by atoms with Crippen molar-refractivity contribution in [1.29, 1.82) is 0 Å². The SMILES string of the molecule is COC(=O)C1CCCN1S(=O)(=O)c1sccc1Br. The van der Waals surface area contributed by atoms with Crippen molar-refractivity contribution in [3.63, 3.8) is 0 Å². The van der Waals surface area contributed by atoms with Gasteiger partial charge in [-0.2, -0.15) is 4.31 Å². The highest BCUT2D eigenvalue weighted by molar-refractivity contribution is 9.10. The number of methoxy groups -OCH3 is 1. The minimum absolute atomic E-state index is 0.235. The predicted octanol–water partition coefficient (Wildman–Crippen LogP) is 1.84. The van der Waals surface area contributed by atoms with Gasteiger partial charge in [-0.05, 0) is 40.2 Å². The second-order valence-corrected chi connectivity index (χ2v) is 7.71. The summed E-state index contributed by atoms with van der Waals surface area (Å²) in [5, 5.41) is 1.69. The Morgan fingerprint density at radius 3 is 2.89 bits per heavy atom. The molecule has 8 heteroatoms. The molecule has 5 nitrogen and oxygen atoms in total. The first-order valence-electron chi connectivity index (χ1n) is 5.31. The standard InChI is InChI=1S/C10H12BrNO4S2/c1-16-9(13)8-3-2-5-12(8)18(14,15)10-7(11)4-6-17-10/h4,6,8H,2-3,5H2,1H3. The van der Waals surface area contributed by atoms with Crippen LogP contribution in [-0.2, 0) is 19.6 Å². The Morgan fingerprint density at radius 2 is 2.33 bits per heavy atom. The number of ether oxygens (including phenoxy) is 1. The van der Waals surface area contributed by atoms with Crippen molar-refractivity contribution >= 4 is 43.3 Å². The molecule has 0 aromatic carbocycles. The Kier molecular flexibility index (Phi) is 4.10. The van der Waals surface area contributed by atoms with Gasteiger partial charge < -0.3 is 4.74 Å². The van der Waals surface area contributed by atoms with E-state index in [0.29, 0.717) is 23.9 Å². The van der Waals surface area contributed by atoms with Gasteiger partial charge in [0.2, 0.25) is 0 Å². The summed E-state index contributed by atoms with van der Waals surface area (Å²) in [5.41, 5.74) is 0. The number of rotatable bonds is 3. The van der Waals surface area contributed by atoms with Crippen LogP contribution in [0.4, 0.5) is 0 Å². The van der Waals surface area contributed by atoms with Crippen molar-refractivity contribution in [1.82, 2.24) is 4.31 Å². The van der Waals surface area contributed by atoms with E-state index < -0.39 is 22.0 Å². The first-order chi connectivity index (χ1) is 8.48. The topological polar surface area (TPSA) is 63.7 Å². The summed E-state index contributed by atoms with van der Waals surface area (Å²) in [6, 6.07) is 0.981. The average molecular weight is 354 g/mol. The van der Waals surface area contributed by atoms with Gasteiger partial charge in [0, 0.05) is 11.0 Å². The summed E-state index contributed by atoms with van der Waals surface area (Å²) in [5.74, 6) is -0.497. The Bertz CT molecular complexity index is 554. The molecule has 0 spiro atoms. The Hall–Kier alpha value is -0.440. The first kappa shape index (κ1) is 14.0. The number of sulfonamides is 1. The number of carbonyl (C=O) groups excluding carboxylic acids is 1. The fourth-order valence-corrected chi connectivity index (χ4v) is 6.04. The van der Waals surface area contributed by atoms with E-state index in [9.17, 15) is 13.2 Å². The molecule has 18 heavy (non-hydrogen) atoms. The highest BCUT2D eigenvalue weighted by Crippen LogP contribution is 2.34. The molecular formula is C10H12BrNO4S2. The fourth-order valence-electron chi connectivity index (χ4n) is 1.97. The van der Waals surface area contributed by atoms with Crippen LogP contribution < -0.4 is 0 Å². The normalized spacial score (nSPS) is 21.1. The van der Waals surface area contributed by atoms with Crippen LogP contribution in [0, 0.1) is 0 Å². The van der Waals surface area contributed by atoms with Crippen molar-refractivity contribution in [2.24, 2.45) is 0 Å². The number of hydrogen-bond donors (Lipinski definition) is 0. The molecule has 2 heterocycles. The summed E-state index contributed by atoms with van der Waals surface area (Å²) in [4.78, 5) is 11.6. The second kappa shape index (κ2) is 5.28. The number of hydrogen-bond acceptors (Lipinski definition) is 5. The first-order valence-corrected chi connectivity index (χ1v) is 8.42. The highest BCUT2D eigenvalue weighted by Gasteiger charge is 2.41. The molecule has 1 unspecified atom stereocenters. The number of thiophene rings is 1. The van der Waals surface area contributed by atoms with E-state index in [-0.39, 0.29) is 4.21 Å². The highest BCUT2D eigenvalue weighted by atomic mass is 79.9. The maximum absolute atomic E-state index is 12.4. The molecule has 0 saturated carbocycles. The van der Waals surface area contributed by atoms with E-state index >= 15 is 0 Å². The maximum atomic E-state index is 12.4. The van der Waals surface area contributed by atoms with Gasteiger partial charge in [0.15, 0.2) is 0 Å². The van der Waals surface area contributed by atoms with E-state index in [1.807, 2.05) is 0 Å². The van der Waals surface area contributed by atoms with Crippen LogP contribution in [0.5, 0.6) is 0 Å². The molecule has 100 valence electrons. The minimum Gasteiger partial charge on any atom is -0.468 e. The van der Waals surface area contributed by atoms with Crippen LogP contribution in [0.2, 0.25) is 0 Å². The molecule has 0 aliphatic carbocycles. The number of nitrogens with zero attached hydrogens (tertiary/aromatic N) is 1. The summed E-state index contributed by atoms with van der Waals surface area (Å²) in [6.45, 7) is 0.354. The third-order valence-electron chi connectivity index (χ3n) is 2.80. The van der Waals surface area contributed by atoms with E-state index in [1.165, 1.54) is 11.4 Å². The van der Waals surface area contributed by atoms with Crippen LogP contribution >= 0.6 is 27.3 Å². The molecule has 1 aromatic rings. The average Bonchev–Trinajstić information content (AvgIpc) is 2.96. The largest absolute Gasteiger partial charge is 0.468 e. The quantitative estimate of drug-likeness (QED) is 0.777. The van der Waals surface area contributed by atoms with Gasteiger partial charge in [-0.3, -0.25) is 4.79 Å². The molecule has 1 saturated heterocycles. The lowest BCUT2D eigenvalue weighted by atomic mass is 10.2. The fraction of sp³-hybridized carbons (Fsp3) is 0.500. The lowest BCUT2D eigenvalue weighted by Gasteiger charge is -2.21. The van der Waals surface area contributed by atoms with Gasteiger partial charge in [0.05, 0.1) is 7.11 Å². The Morgan fingerprint density at radius 1 is 1.61 bits per heavy atom. The third-order valence-corrected chi connectivity index (χ3v) is 7.36. The van der Waals surface area contributed by atoms with Gasteiger partial charge >= 0.3 is 5.97 Å². The smallest absolute Gasteiger partial charge is 0.324 e. The Labute approximate surface area is 118 Å². The van der Waals surface area contributed by atoms with E-state index in [2.05, 4.69) is 20.7 Å². The van der Waals surface area contributed by atoms with Gasteiger partial charge in [0.25, 0.3) is 10.0 Å². The van der Waals surface area contributed by atoms with E-state index in [4.69, 9.17) is 0 Å². The van der Waals surface area contributed by atoms with Crippen molar-refractivity contribution in [3.8, 4) is 0 Å². The Balaban J connectivity index is 2.36.